The molecule has 1 aliphatic carbocycles. The van der Waals surface area contributed by atoms with Gasteiger partial charge in [0.15, 0.2) is 5.41 Å². The minimum atomic E-state index is -1.71. The summed E-state index contributed by atoms with van der Waals surface area (Å²) in [5, 5.41) is 11.0. The lowest BCUT2D eigenvalue weighted by molar-refractivity contribution is -0.163. The van der Waals surface area contributed by atoms with Crippen molar-refractivity contribution in [1.82, 2.24) is 0 Å². The van der Waals surface area contributed by atoms with Gasteiger partial charge in [-0.25, -0.2) is 4.79 Å². The van der Waals surface area contributed by atoms with E-state index in [1.807, 2.05) is 30.3 Å². The Balaban J connectivity index is 1.69. The van der Waals surface area contributed by atoms with Crippen molar-refractivity contribution < 1.29 is 33.7 Å². The third kappa shape index (κ3) is 2.75. The van der Waals surface area contributed by atoms with Crippen molar-refractivity contribution >= 4 is 23.7 Å². The summed E-state index contributed by atoms with van der Waals surface area (Å²) < 4.78 is 15.1. The maximum absolute atomic E-state index is 12.9. The zero-order valence-electron chi connectivity index (χ0n) is 16.5. The van der Waals surface area contributed by atoms with E-state index in [4.69, 9.17) is 14.2 Å². The number of rotatable bonds is 4. The van der Waals surface area contributed by atoms with E-state index in [2.05, 4.69) is 0 Å². The highest BCUT2D eigenvalue weighted by Gasteiger charge is 2.81. The van der Waals surface area contributed by atoms with Crippen LogP contribution in [0.25, 0.3) is 0 Å². The van der Waals surface area contributed by atoms with Crippen molar-refractivity contribution in [2.24, 2.45) is 11.3 Å². The monoisotopic (exact) mass is 411 g/mol. The van der Waals surface area contributed by atoms with Gasteiger partial charge in [0.1, 0.15) is 12.8 Å². The molecular weight excluding hydrogens is 390 g/mol. The normalized spacial score (nSPS) is 22.9. The van der Waals surface area contributed by atoms with Gasteiger partial charge in [0.05, 0.1) is 19.9 Å². The van der Waals surface area contributed by atoms with Crippen LogP contribution >= 0.6 is 0 Å². The summed E-state index contributed by atoms with van der Waals surface area (Å²) in [4.78, 5) is 39.3. The second-order valence-electron chi connectivity index (χ2n) is 7.24. The largest absolute Gasteiger partial charge is 0.468 e. The van der Waals surface area contributed by atoms with Crippen LogP contribution in [0.3, 0.4) is 0 Å². The van der Waals surface area contributed by atoms with E-state index in [0.717, 1.165) is 10.5 Å². The fourth-order valence-corrected chi connectivity index (χ4v) is 4.48. The minimum absolute atomic E-state index is 0.0122. The first-order chi connectivity index (χ1) is 14.5. The Morgan fingerprint density at radius 1 is 0.967 bits per heavy atom. The number of carbonyl (C=O) groups excluding carboxylic acids is 3. The zero-order chi connectivity index (χ0) is 21.5. The van der Waals surface area contributed by atoms with Crippen LogP contribution < -0.4 is 4.90 Å². The molecule has 1 saturated carbocycles. The molecular formula is C22H21NO7. The number of fused-ring (bicyclic) bond motifs is 3. The fourth-order valence-electron chi connectivity index (χ4n) is 4.48. The van der Waals surface area contributed by atoms with Crippen molar-refractivity contribution in [3.05, 3.63) is 65.7 Å². The van der Waals surface area contributed by atoms with Gasteiger partial charge in [-0.1, -0.05) is 48.5 Å². The molecule has 1 N–H and O–H groups in total. The quantitative estimate of drug-likeness (QED) is 0.467. The molecule has 0 bridgehead atoms. The molecule has 8 heteroatoms. The van der Waals surface area contributed by atoms with Gasteiger partial charge < -0.3 is 19.3 Å². The number of carbonyl (C=O) groups is 3. The summed E-state index contributed by atoms with van der Waals surface area (Å²) in [6.45, 7) is 0.0122. The average Bonchev–Trinajstić information content (AvgIpc) is 3.49. The molecule has 1 amide bonds. The predicted molar refractivity (Wildman–Crippen MR) is 104 cm³/mol. The number of aliphatic hydroxyl groups is 1. The third-order valence-electron chi connectivity index (χ3n) is 5.83. The number of benzene rings is 2. The van der Waals surface area contributed by atoms with Gasteiger partial charge in [0.2, 0.25) is 0 Å². The van der Waals surface area contributed by atoms with E-state index < -0.39 is 41.5 Å². The number of methoxy groups -OCH3 is 2. The first-order valence-electron chi connectivity index (χ1n) is 9.42. The molecule has 4 rings (SSSR count). The predicted octanol–water partition coefficient (Wildman–Crippen LogP) is 2.21. The molecule has 0 unspecified atom stereocenters. The first-order valence-corrected chi connectivity index (χ1v) is 9.42. The first kappa shape index (κ1) is 19.9. The maximum Gasteiger partial charge on any atom is 0.416 e. The van der Waals surface area contributed by atoms with Gasteiger partial charge in [0.25, 0.3) is 0 Å². The van der Waals surface area contributed by atoms with Crippen LogP contribution in [0.5, 0.6) is 0 Å². The van der Waals surface area contributed by atoms with Crippen LogP contribution in [0.15, 0.2) is 54.6 Å². The van der Waals surface area contributed by atoms with Crippen molar-refractivity contribution in [2.45, 2.75) is 18.8 Å². The molecule has 1 heterocycles. The number of nitrogens with zero attached hydrogens (tertiary/aromatic N) is 1. The number of amides is 1. The number of hydrogen-bond donors (Lipinski definition) is 1. The highest BCUT2D eigenvalue weighted by Crippen LogP contribution is 2.71. The van der Waals surface area contributed by atoms with Gasteiger partial charge in [0, 0.05) is 11.8 Å². The summed E-state index contributed by atoms with van der Waals surface area (Å²) >= 11 is 0. The Kier molecular flexibility index (Phi) is 4.95. The third-order valence-corrected chi connectivity index (χ3v) is 5.83. The van der Waals surface area contributed by atoms with E-state index in [9.17, 15) is 19.5 Å². The summed E-state index contributed by atoms with van der Waals surface area (Å²) in [6, 6.07) is 15.9. The second kappa shape index (κ2) is 7.46. The van der Waals surface area contributed by atoms with Crippen molar-refractivity contribution in [3.8, 4) is 0 Å². The molecule has 0 saturated heterocycles. The lowest BCUT2D eigenvalue weighted by atomic mass is 9.97. The van der Waals surface area contributed by atoms with Crippen molar-refractivity contribution in [1.29, 1.82) is 0 Å². The van der Waals surface area contributed by atoms with E-state index in [0.29, 0.717) is 11.3 Å². The van der Waals surface area contributed by atoms with Gasteiger partial charge in [-0.05, 0) is 17.2 Å². The molecule has 2 aromatic carbocycles. The van der Waals surface area contributed by atoms with E-state index in [-0.39, 0.29) is 6.61 Å². The standard InChI is InChI=1S/C22H21NO7/c1-28-19(25)22(20(26)29-2)16-14-10-6-7-11-15(14)23(18(24)17(16)22)21(27)30-12-13-8-4-3-5-9-13/h3-11,16-18,24H,12H2,1-2H3/t16-,17-,18+/m1/s1. The number of hydrogen-bond acceptors (Lipinski definition) is 7. The zero-order valence-corrected chi connectivity index (χ0v) is 16.5. The summed E-state index contributed by atoms with van der Waals surface area (Å²) in [5.41, 5.74) is 0.0145. The number of ether oxygens (including phenoxy) is 3. The van der Waals surface area contributed by atoms with E-state index in [1.165, 1.54) is 14.2 Å². The average molecular weight is 411 g/mol. The van der Waals surface area contributed by atoms with Crippen LogP contribution in [0.1, 0.15) is 17.0 Å². The summed E-state index contributed by atoms with van der Waals surface area (Å²) in [7, 11) is 2.34. The summed E-state index contributed by atoms with van der Waals surface area (Å²) in [5.74, 6) is -3.19. The molecule has 2 aromatic rings. The molecule has 8 nitrogen and oxygen atoms in total. The lowest BCUT2D eigenvalue weighted by Crippen LogP contribution is -2.46. The Bertz CT molecular complexity index is 974. The molecule has 3 atom stereocenters. The molecule has 0 spiro atoms. The van der Waals surface area contributed by atoms with Crippen LogP contribution in [0.2, 0.25) is 0 Å². The van der Waals surface area contributed by atoms with Crippen LogP contribution in [-0.2, 0) is 30.4 Å². The molecule has 0 radical (unpaired) electrons. The smallest absolute Gasteiger partial charge is 0.416 e. The van der Waals surface area contributed by atoms with Gasteiger partial charge in [-0.2, -0.15) is 0 Å². The Morgan fingerprint density at radius 2 is 1.57 bits per heavy atom. The van der Waals surface area contributed by atoms with Gasteiger partial charge in [-0.15, -0.1) is 0 Å². The second-order valence-corrected chi connectivity index (χ2v) is 7.24. The summed E-state index contributed by atoms with van der Waals surface area (Å²) in [6.07, 6.45) is -2.25. The van der Waals surface area contributed by atoms with Crippen molar-refractivity contribution in [3.63, 3.8) is 0 Å². The Morgan fingerprint density at radius 3 is 2.20 bits per heavy atom. The number of para-hydroxylation sites is 1. The van der Waals surface area contributed by atoms with Crippen LogP contribution in [0, 0.1) is 11.3 Å². The lowest BCUT2D eigenvalue weighted by Gasteiger charge is -2.32. The Hall–Kier alpha value is -3.39. The number of esters is 2. The number of anilines is 1. The SMILES string of the molecule is COC(=O)C1(C(=O)OC)[C@@H]2[C@H]1c1ccccc1N(C(=O)OCc1ccccc1)[C@H]2O. The van der Waals surface area contributed by atoms with E-state index >= 15 is 0 Å². The minimum Gasteiger partial charge on any atom is -0.468 e. The molecule has 156 valence electrons. The molecule has 0 aromatic heterocycles. The highest BCUT2D eigenvalue weighted by molar-refractivity contribution is 6.08. The van der Waals surface area contributed by atoms with Crippen molar-refractivity contribution in [2.75, 3.05) is 19.1 Å². The van der Waals surface area contributed by atoms with Gasteiger partial charge in [-0.3, -0.25) is 14.5 Å². The fraction of sp³-hybridized carbons (Fsp3) is 0.318. The number of aliphatic hydroxyl groups excluding tert-OH is 1. The Labute approximate surface area is 173 Å². The highest BCUT2D eigenvalue weighted by atomic mass is 16.6. The van der Waals surface area contributed by atoms with Gasteiger partial charge >= 0.3 is 18.0 Å². The van der Waals surface area contributed by atoms with Crippen LogP contribution in [-0.4, -0.2) is 43.6 Å². The maximum atomic E-state index is 12.9. The molecule has 1 aliphatic heterocycles. The molecule has 2 aliphatic rings. The molecule has 30 heavy (non-hydrogen) atoms. The molecule has 1 fully saturated rings. The van der Waals surface area contributed by atoms with Crippen LogP contribution in [0.4, 0.5) is 10.5 Å². The topological polar surface area (TPSA) is 102 Å². The van der Waals surface area contributed by atoms with E-state index in [1.54, 1.807) is 24.3 Å².